The van der Waals surface area contributed by atoms with E-state index in [1.165, 1.54) is 17.3 Å². The quantitative estimate of drug-likeness (QED) is 0.927. The van der Waals surface area contributed by atoms with E-state index < -0.39 is 0 Å². The molecule has 0 spiro atoms. The Labute approximate surface area is 118 Å². The number of nitrogens with one attached hydrogen (secondary N) is 1. The smallest absolute Gasteiger partial charge is 0.276 e. The molecule has 1 amide bonds. The van der Waals surface area contributed by atoms with E-state index >= 15 is 0 Å². The van der Waals surface area contributed by atoms with E-state index in [0.717, 1.165) is 25.8 Å². The summed E-state index contributed by atoms with van der Waals surface area (Å²) in [5.41, 5.74) is 2.94. The van der Waals surface area contributed by atoms with Crippen molar-refractivity contribution >= 4 is 5.91 Å². The summed E-state index contributed by atoms with van der Waals surface area (Å²) in [6, 6.07) is 8.79. The van der Waals surface area contributed by atoms with Crippen LogP contribution in [0.25, 0.3) is 0 Å². The molecule has 2 aromatic rings. The monoisotopic (exact) mass is 270 g/mol. The number of aryl methyl sites for hydroxylation is 1. The Morgan fingerprint density at radius 3 is 2.90 bits per heavy atom. The molecule has 1 aromatic carbocycles. The zero-order valence-corrected chi connectivity index (χ0v) is 11.5. The highest BCUT2D eigenvalue weighted by Gasteiger charge is 2.30. The molecule has 0 bridgehead atoms. The molecule has 0 radical (unpaired) electrons. The number of likely N-dealkylation sites (tertiary alicyclic amines) is 1. The average Bonchev–Trinajstić information content (AvgIpc) is 3.12. The molecule has 1 fully saturated rings. The lowest BCUT2D eigenvalue weighted by atomic mass is 10.0. The molecule has 1 aromatic heterocycles. The number of aromatic amines is 1. The molecule has 1 saturated heterocycles. The number of rotatable bonds is 3. The predicted molar refractivity (Wildman–Crippen MR) is 75.3 cm³/mol. The van der Waals surface area contributed by atoms with Crippen LogP contribution in [-0.4, -0.2) is 38.8 Å². The van der Waals surface area contributed by atoms with Crippen LogP contribution in [0.5, 0.6) is 0 Å². The van der Waals surface area contributed by atoms with Gasteiger partial charge in [-0.25, -0.2) is 0 Å². The van der Waals surface area contributed by atoms with Crippen LogP contribution >= 0.6 is 0 Å². The maximum absolute atomic E-state index is 12.4. The van der Waals surface area contributed by atoms with Gasteiger partial charge in [0.2, 0.25) is 0 Å². The first-order valence-corrected chi connectivity index (χ1v) is 6.96. The fourth-order valence-corrected chi connectivity index (χ4v) is 2.76. The summed E-state index contributed by atoms with van der Waals surface area (Å²) in [5, 5.41) is 10.1. The predicted octanol–water partition coefficient (Wildman–Crippen LogP) is 1.96. The molecule has 0 aliphatic carbocycles. The van der Waals surface area contributed by atoms with Crippen LogP contribution in [-0.2, 0) is 6.42 Å². The van der Waals surface area contributed by atoms with E-state index in [2.05, 4.69) is 46.6 Å². The van der Waals surface area contributed by atoms with Gasteiger partial charge in [0, 0.05) is 12.6 Å². The minimum atomic E-state index is -0.0200. The summed E-state index contributed by atoms with van der Waals surface area (Å²) < 4.78 is 0. The van der Waals surface area contributed by atoms with Crippen LogP contribution in [0.15, 0.2) is 30.5 Å². The molecule has 1 N–H and O–H groups in total. The van der Waals surface area contributed by atoms with Crippen molar-refractivity contribution in [1.29, 1.82) is 0 Å². The summed E-state index contributed by atoms with van der Waals surface area (Å²) in [6.45, 7) is 2.89. The van der Waals surface area contributed by atoms with E-state index in [0.29, 0.717) is 5.69 Å². The molecule has 0 unspecified atom stereocenters. The largest absolute Gasteiger partial charge is 0.334 e. The molecular weight excluding hydrogens is 252 g/mol. The molecule has 20 heavy (non-hydrogen) atoms. The summed E-state index contributed by atoms with van der Waals surface area (Å²) >= 11 is 0. The van der Waals surface area contributed by atoms with Gasteiger partial charge in [-0.15, -0.1) is 0 Å². The number of carbonyl (C=O) groups excluding carboxylic acids is 1. The molecule has 104 valence electrons. The van der Waals surface area contributed by atoms with Crippen LogP contribution < -0.4 is 0 Å². The first kappa shape index (κ1) is 12.8. The summed E-state index contributed by atoms with van der Waals surface area (Å²) in [4.78, 5) is 14.3. The highest BCUT2D eigenvalue weighted by molar-refractivity contribution is 5.92. The van der Waals surface area contributed by atoms with Crippen molar-refractivity contribution in [3.8, 4) is 0 Å². The second kappa shape index (κ2) is 5.45. The van der Waals surface area contributed by atoms with Crippen LogP contribution in [0.4, 0.5) is 0 Å². The third kappa shape index (κ3) is 2.57. The average molecular weight is 270 g/mol. The third-order valence-electron chi connectivity index (χ3n) is 3.86. The standard InChI is InChI=1S/C15H18N4O/c1-11-4-6-12(7-5-11)9-13-3-2-8-19(13)15(20)14-10-16-18-17-14/h4-7,10,13H,2-3,8-9H2,1H3,(H,16,17,18)/t13-/m0/s1. The van der Waals surface area contributed by atoms with Crippen molar-refractivity contribution in [2.75, 3.05) is 6.54 Å². The fraction of sp³-hybridized carbons (Fsp3) is 0.400. The van der Waals surface area contributed by atoms with Crippen LogP contribution in [0.2, 0.25) is 0 Å². The number of H-pyrrole nitrogens is 1. The fourth-order valence-electron chi connectivity index (χ4n) is 2.76. The van der Waals surface area contributed by atoms with Gasteiger partial charge < -0.3 is 4.90 Å². The number of nitrogens with zero attached hydrogens (tertiary/aromatic N) is 3. The normalized spacial score (nSPS) is 18.4. The lowest BCUT2D eigenvalue weighted by molar-refractivity contribution is 0.0730. The molecule has 5 heteroatoms. The number of amides is 1. The number of benzene rings is 1. The van der Waals surface area contributed by atoms with Gasteiger partial charge in [0.1, 0.15) is 0 Å². The molecule has 1 aliphatic heterocycles. The first-order valence-electron chi connectivity index (χ1n) is 6.96. The van der Waals surface area contributed by atoms with Gasteiger partial charge in [-0.1, -0.05) is 29.8 Å². The second-order valence-electron chi connectivity index (χ2n) is 5.34. The Morgan fingerprint density at radius 1 is 1.40 bits per heavy atom. The van der Waals surface area contributed by atoms with E-state index in [-0.39, 0.29) is 11.9 Å². The van der Waals surface area contributed by atoms with Gasteiger partial charge in [0.25, 0.3) is 5.91 Å². The number of hydrogen-bond acceptors (Lipinski definition) is 3. The second-order valence-corrected chi connectivity index (χ2v) is 5.34. The molecule has 1 aliphatic rings. The molecule has 0 saturated carbocycles. The van der Waals surface area contributed by atoms with Gasteiger partial charge >= 0.3 is 0 Å². The zero-order valence-electron chi connectivity index (χ0n) is 11.5. The summed E-state index contributed by atoms with van der Waals surface area (Å²) in [7, 11) is 0. The van der Waals surface area contributed by atoms with E-state index in [1.807, 2.05) is 4.90 Å². The Kier molecular flexibility index (Phi) is 3.50. The van der Waals surface area contributed by atoms with Crippen LogP contribution in [0.3, 0.4) is 0 Å². The van der Waals surface area contributed by atoms with Crippen molar-refractivity contribution in [2.45, 2.75) is 32.2 Å². The SMILES string of the molecule is Cc1ccc(C[C@@H]2CCCN2C(=O)c2cn[nH]n2)cc1. The number of aromatic nitrogens is 3. The Morgan fingerprint density at radius 2 is 2.20 bits per heavy atom. The van der Waals surface area contributed by atoms with Crippen molar-refractivity contribution in [3.63, 3.8) is 0 Å². The van der Waals surface area contributed by atoms with E-state index in [4.69, 9.17) is 0 Å². The van der Waals surface area contributed by atoms with Gasteiger partial charge in [0.05, 0.1) is 6.20 Å². The summed E-state index contributed by atoms with van der Waals surface area (Å²) in [5.74, 6) is -0.0200. The maximum Gasteiger partial charge on any atom is 0.276 e. The minimum absolute atomic E-state index is 0.0200. The van der Waals surface area contributed by atoms with Gasteiger partial charge in [-0.05, 0) is 31.7 Å². The molecular formula is C15H18N4O. The zero-order chi connectivity index (χ0) is 13.9. The Hall–Kier alpha value is -2.17. The van der Waals surface area contributed by atoms with E-state index in [1.54, 1.807) is 0 Å². The number of hydrogen-bond donors (Lipinski definition) is 1. The van der Waals surface area contributed by atoms with Crippen LogP contribution in [0.1, 0.15) is 34.5 Å². The lowest BCUT2D eigenvalue weighted by Crippen LogP contribution is -2.37. The highest BCUT2D eigenvalue weighted by Crippen LogP contribution is 2.22. The summed E-state index contributed by atoms with van der Waals surface area (Å²) in [6.07, 6.45) is 4.51. The Balaban J connectivity index is 1.72. The number of carbonyl (C=O) groups is 1. The van der Waals surface area contributed by atoms with Gasteiger partial charge in [0.15, 0.2) is 5.69 Å². The first-order chi connectivity index (χ1) is 9.74. The van der Waals surface area contributed by atoms with Gasteiger partial charge in [-0.3, -0.25) is 4.79 Å². The van der Waals surface area contributed by atoms with Gasteiger partial charge in [-0.2, -0.15) is 15.4 Å². The highest BCUT2D eigenvalue weighted by atomic mass is 16.2. The molecule has 2 heterocycles. The third-order valence-corrected chi connectivity index (χ3v) is 3.86. The van der Waals surface area contributed by atoms with Crippen molar-refractivity contribution in [3.05, 3.63) is 47.3 Å². The van der Waals surface area contributed by atoms with Crippen LogP contribution in [0, 0.1) is 6.92 Å². The Bertz CT molecular complexity index is 576. The minimum Gasteiger partial charge on any atom is -0.334 e. The van der Waals surface area contributed by atoms with E-state index in [9.17, 15) is 4.79 Å². The molecule has 3 rings (SSSR count). The molecule has 5 nitrogen and oxygen atoms in total. The van der Waals surface area contributed by atoms with Crippen molar-refractivity contribution < 1.29 is 4.79 Å². The lowest BCUT2D eigenvalue weighted by Gasteiger charge is -2.24. The molecule has 1 atom stereocenters. The van der Waals surface area contributed by atoms with Crippen molar-refractivity contribution in [1.82, 2.24) is 20.3 Å². The van der Waals surface area contributed by atoms with Crippen molar-refractivity contribution in [2.24, 2.45) is 0 Å². The topological polar surface area (TPSA) is 61.9 Å². The maximum atomic E-state index is 12.4.